The van der Waals surface area contributed by atoms with Gasteiger partial charge in [0.2, 0.25) is 10.0 Å². The fourth-order valence-corrected chi connectivity index (χ4v) is 5.28. The van der Waals surface area contributed by atoms with Gasteiger partial charge in [0.1, 0.15) is 0 Å². The molecular formula is C19H22BrNO4S. The maximum Gasteiger partial charge on any atom is 0.211 e. The Morgan fingerprint density at radius 1 is 1.19 bits per heavy atom. The van der Waals surface area contributed by atoms with Gasteiger partial charge in [-0.05, 0) is 30.0 Å². The number of ether oxygens (including phenoxy) is 2. The third kappa shape index (κ3) is 3.61. The van der Waals surface area contributed by atoms with Gasteiger partial charge in [0, 0.05) is 16.6 Å². The minimum absolute atomic E-state index is 0.350. The van der Waals surface area contributed by atoms with E-state index in [1.54, 1.807) is 18.5 Å². The molecule has 7 heteroatoms. The molecule has 1 atom stereocenters. The van der Waals surface area contributed by atoms with Crippen LogP contribution in [0.4, 0.5) is 0 Å². The van der Waals surface area contributed by atoms with Gasteiger partial charge in [-0.3, -0.25) is 0 Å². The molecule has 1 heterocycles. The van der Waals surface area contributed by atoms with Crippen LogP contribution < -0.4 is 9.47 Å². The number of nitrogens with zero attached hydrogens (tertiary/aromatic N) is 1. The summed E-state index contributed by atoms with van der Waals surface area (Å²) < 4.78 is 38.6. The quantitative estimate of drug-likeness (QED) is 0.714. The highest BCUT2D eigenvalue weighted by Crippen LogP contribution is 2.47. The predicted molar refractivity (Wildman–Crippen MR) is 105 cm³/mol. The van der Waals surface area contributed by atoms with Crippen LogP contribution >= 0.6 is 15.9 Å². The summed E-state index contributed by atoms with van der Waals surface area (Å²) in [4.78, 5) is 0. The van der Waals surface area contributed by atoms with Crippen molar-refractivity contribution in [3.05, 3.63) is 57.6 Å². The summed E-state index contributed by atoms with van der Waals surface area (Å²) in [5.74, 6) is 1.19. The molecule has 0 saturated heterocycles. The molecule has 5 nitrogen and oxygen atoms in total. The first-order valence-corrected chi connectivity index (χ1v) is 10.9. The topological polar surface area (TPSA) is 55.8 Å². The molecule has 0 spiro atoms. The Bertz CT molecular complexity index is 900. The van der Waals surface area contributed by atoms with E-state index in [2.05, 4.69) is 15.9 Å². The monoisotopic (exact) mass is 439 g/mol. The molecule has 0 saturated carbocycles. The number of methoxy groups -OCH3 is 2. The van der Waals surface area contributed by atoms with Crippen molar-refractivity contribution in [2.24, 2.45) is 0 Å². The third-order valence-electron chi connectivity index (χ3n) is 4.72. The van der Waals surface area contributed by atoms with Gasteiger partial charge in [0.25, 0.3) is 0 Å². The molecule has 1 aliphatic heterocycles. The standard InChI is InChI=1S/C19H22BrNO4S/c1-24-17-12-15(20)14-9-10-21(26(3,22)23)16(18(14)19(17)25-2)11-13-7-5-4-6-8-13/h4-8,12,16H,9-11H2,1-3H3. The van der Waals surface area contributed by atoms with Crippen LogP contribution in [0.1, 0.15) is 22.7 Å². The van der Waals surface area contributed by atoms with Crippen LogP contribution in [0.5, 0.6) is 11.5 Å². The lowest BCUT2D eigenvalue weighted by atomic mass is 9.89. The first-order valence-electron chi connectivity index (χ1n) is 8.30. The molecule has 1 aliphatic rings. The second kappa shape index (κ2) is 7.58. The zero-order valence-electron chi connectivity index (χ0n) is 15.0. The van der Waals surface area contributed by atoms with Gasteiger partial charge >= 0.3 is 0 Å². The second-order valence-electron chi connectivity index (χ2n) is 6.32. The molecule has 1 unspecified atom stereocenters. The lowest BCUT2D eigenvalue weighted by Crippen LogP contribution is -2.40. The molecule has 0 fully saturated rings. The van der Waals surface area contributed by atoms with Crippen LogP contribution in [0, 0.1) is 0 Å². The van der Waals surface area contributed by atoms with Crippen LogP contribution in [0.25, 0.3) is 0 Å². The molecule has 0 N–H and O–H groups in total. The molecule has 0 aromatic heterocycles. The van der Waals surface area contributed by atoms with E-state index in [0.717, 1.165) is 21.2 Å². The zero-order chi connectivity index (χ0) is 18.9. The Morgan fingerprint density at radius 3 is 2.46 bits per heavy atom. The van der Waals surface area contributed by atoms with E-state index >= 15 is 0 Å². The maximum absolute atomic E-state index is 12.5. The van der Waals surface area contributed by atoms with Crippen molar-refractivity contribution >= 4 is 26.0 Å². The largest absolute Gasteiger partial charge is 0.493 e. The summed E-state index contributed by atoms with van der Waals surface area (Å²) >= 11 is 3.62. The summed E-state index contributed by atoms with van der Waals surface area (Å²) in [6.07, 6.45) is 2.45. The van der Waals surface area contributed by atoms with E-state index in [1.165, 1.54) is 6.26 Å². The smallest absolute Gasteiger partial charge is 0.211 e. The Labute approximate surface area is 163 Å². The Hall–Kier alpha value is -1.57. The van der Waals surface area contributed by atoms with Gasteiger partial charge in [-0.15, -0.1) is 0 Å². The summed E-state index contributed by atoms with van der Waals surface area (Å²) in [5, 5.41) is 0. The summed E-state index contributed by atoms with van der Waals surface area (Å²) in [5.41, 5.74) is 3.02. The highest BCUT2D eigenvalue weighted by molar-refractivity contribution is 9.10. The van der Waals surface area contributed by atoms with Crippen LogP contribution in [-0.4, -0.2) is 39.7 Å². The maximum atomic E-state index is 12.5. The van der Waals surface area contributed by atoms with Crippen molar-refractivity contribution in [3.8, 4) is 11.5 Å². The van der Waals surface area contributed by atoms with Crippen molar-refractivity contribution in [1.82, 2.24) is 4.31 Å². The Kier molecular flexibility index (Phi) is 5.60. The van der Waals surface area contributed by atoms with Gasteiger partial charge in [0.05, 0.1) is 26.5 Å². The van der Waals surface area contributed by atoms with Crippen molar-refractivity contribution in [3.63, 3.8) is 0 Å². The first-order chi connectivity index (χ1) is 12.4. The average Bonchev–Trinajstić information content (AvgIpc) is 2.61. The van der Waals surface area contributed by atoms with Gasteiger partial charge in [-0.2, -0.15) is 4.31 Å². The minimum atomic E-state index is -3.37. The van der Waals surface area contributed by atoms with E-state index in [1.807, 2.05) is 36.4 Å². The highest BCUT2D eigenvalue weighted by Gasteiger charge is 2.37. The van der Waals surface area contributed by atoms with Crippen LogP contribution in [0.3, 0.4) is 0 Å². The summed E-state index contributed by atoms with van der Waals surface area (Å²) in [6.45, 7) is 0.442. The highest BCUT2D eigenvalue weighted by atomic mass is 79.9. The molecule has 2 aromatic carbocycles. The molecular weight excluding hydrogens is 418 g/mol. The van der Waals surface area contributed by atoms with E-state index in [4.69, 9.17) is 9.47 Å². The zero-order valence-corrected chi connectivity index (χ0v) is 17.4. The molecule has 26 heavy (non-hydrogen) atoms. The number of sulfonamides is 1. The molecule has 0 radical (unpaired) electrons. The number of hydrogen-bond donors (Lipinski definition) is 0. The molecule has 3 rings (SSSR count). The Balaban J connectivity index is 2.21. The number of halogens is 1. The molecule has 2 aromatic rings. The molecule has 0 bridgehead atoms. The SMILES string of the molecule is COc1cc(Br)c2c(c1OC)C(Cc1ccccc1)N(S(C)(=O)=O)CC2. The first kappa shape index (κ1) is 19.2. The normalized spacial score (nSPS) is 17.6. The average molecular weight is 440 g/mol. The Morgan fingerprint density at radius 2 is 1.88 bits per heavy atom. The van der Waals surface area contributed by atoms with E-state index in [-0.39, 0.29) is 6.04 Å². The number of hydrogen-bond acceptors (Lipinski definition) is 4. The van der Waals surface area contributed by atoms with Crippen molar-refractivity contribution in [2.45, 2.75) is 18.9 Å². The third-order valence-corrected chi connectivity index (χ3v) is 6.72. The van der Waals surface area contributed by atoms with E-state index in [9.17, 15) is 8.42 Å². The molecule has 0 aliphatic carbocycles. The summed E-state index contributed by atoms with van der Waals surface area (Å²) in [7, 11) is -0.202. The molecule has 140 valence electrons. The van der Waals surface area contributed by atoms with Crippen molar-refractivity contribution in [1.29, 1.82) is 0 Å². The van der Waals surface area contributed by atoms with Gasteiger partial charge in [-0.1, -0.05) is 46.3 Å². The van der Waals surface area contributed by atoms with E-state index in [0.29, 0.717) is 30.9 Å². The van der Waals surface area contributed by atoms with Gasteiger partial charge < -0.3 is 9.47 Å². The van der Waals surface area contributed by atoms with Crippen LogP contribution in [0.2, 0.25) is 0 Å². The fourth-order valence-electron chi connectivity index (χ4n) is 3.59. The lowest BCUT2D eigenvalue weighted by molar-refractivity contribution is 0.287. The number of fused-ring (bicyclic) bond motifs is 1. The fraction of sp³-hybridized carbons (Fsp3) is 0.368. The summed E-state index contributed by atoms with van der Waals surface area (Å²) in [6, 6.07) is 11.4. The second-order valence-corrected chi connectivity index (χ2v) is 9.10. The minimum Gasteiger partial charge on any atom is -0.493 e. The lowest BCUT2D eigenvalue weighted by Gasteiger charge is -2.37. The van der Waals surface area contributed by atoms with Crippen molar-refractivity contribution in [2.75, 3.05) is 27.0 Å². The van der Waals surface area contributed by atoms with Gasteiger partial charge in [0.15, 0.2) is 11.5 Å². The van der Waals surface area contributed by atoms with E-state index < -0.39 is 10.0 Å². The van der Waals surface area contributed by atoms with Crippen LogP contribution in [-0.2, 0) is 22.9 Å². The molecule has 0 amide bonds. The van der Waals surface area contributed by atoms with Crippen LogP contribution in [0.15, 0.2) is 40.9 Å². The van der Waals surface area contributed by atoms with Gasteiger partial charge in [-0.25, -0.2) is 8.42 Å². The predicted octanol–water partition coefficient (Wildman–Crippen LogP) is 3.57. The van der Waals surface area contributed by atoms with Crippen molar-refractivity contribution < 1.29 is 17.9 Å². The number of benzene rings is 2. The number of rotatable bonds is 5.